The van der Waals surface area contributed by atoms with E-state index in [1.807, 2.05) is 61.5 Å². The van der Waals surface area contributed by atoms with Gasteiger partial charge in [0, 0.05) is 17.6 Å². The highest BCUT2D eigenvalue weighted by Crippen LogP contribution is 2.43. The smallest absolute Gasteiger partial charge is 0.227 e. The van der Waals surface area contributed by atoms with Crippen LogP contribution in [0.25, 0.3) is 17.2 Å². The molecule has 1 heterocycles. The van der Waals surface area contributed by atoms with Gasteiger partial charge in [0.1, 0.15) is 10.8 Å². The largest absolute Gasteiger partial charge is 0.504 e. The fourth-order valence-corrected chi connectivity index (χ4v) is 4.01. The molecule has 2 aliphatic carbocycles. The molecule has 0 spiro atoms. The second-order valence-electron chi connectivity index (χ2n) is 10.2. The number of carbonyl (C=O) groups is 2. The Morgan fingerprint density at radius 2 is 1.50 bits per heavy atom. The van der Waals surface area contributed by atoms with E-state index in [0.717, 1.165) is 0 Å². The molecule has 3 rings (SSSR count). The Hall–Kier alpha value is -2.10. The van der Waals surface area contributed by atoms with Gasteiger partial charge in [0.2, 0.25) is 5.78 Å². The van der Waals surface area contributed by atoms with Crippen LogP contribution in [-0.2, 0) is 4.79 Å². The van der Waals surface area contributed by atoms with Crippen LogP contribution in [0.3, 0.4) is 0 Å². The van der Waals surface area contributed by atoms with Crippen molar-refractivity contribution < 1.29 is 19.1 Å². The van der Waals surface area contributed by atoms with Gasteiger partial charge in [0.25, 0.3) is 0 Å². The minimum Gasteiger partial charge on any atom is -0.504 e. The van der Waals surface area contributed by atoms with Crippen molar-refractivity contribution in [3.8, 4) is 0 Å². The zero-order valence-electron chi connectivity index (χ0n) is 17.0. The van der Waals surface area contributed by atoms with E-state index in [0.29, 0.717) is 39.5 Å². The van der Waals surface area contributed by atoms with Gasteiger partial charge >= 0.3 is 0 Å². The molecule has 4 heteroatoms. The third-order valence-corrected chi connectivity index (χ3v) is 5.01. The molecule has 1 aromatic heterocycles. The van der Waals surface area contributed by atoms with Crippen LogP contribution in [0.2, 0.25) is 0 Å². The summed E-state index contributed by atoms with van der Waals surface area (Å²) in [6, 6.07) is 0. The highest BCUT2D eigenvalue weighted by atomic mass is 16.3. The maximum atomic E-state index is 13.0. The third-order valence-electron chi connectivity index (χ3n) is 5.01. The second kappa shape index (κ2) is 5.21. The number of hydrogen-bond donors (Lipinski definition) is 1. The quantitative estimate of drug-likeness (QED) is 0.768. The van der Waals surface area contributed by atoms with Crippen molar-refractivity contribution in [2.24, 2.45) is 16.2 Å². The number of carbonyl (C=O) groups excluding carboxylic acids is 2. The number of allylic oxidation sites excluding steroid dienone is 2. The van der Waals surface area contributed by atoms with Gasteiger partial charge in [-0.2, -0.15) is 0 Å². The van der Waals surface area contributed by atoms with Crippen molar-refractivity contribution in [2.45, 2.75) is 61.8 Å². The van der Waals surface area contributed by atoms with Crippen molar-refractivity contribution in [1.29, 1.82) is 0 Å². The molecule has 0 saturated carbocycles. The molecule has 0 amide bonds. The van der Waals surface area contributed by atoms with Crippen LogP contribution >= 0.6 is 0 Å². The number of aliphatic hydroxyl groups is 1. The third kappa shape index (κ3) is 2.67. The molecule has 0 aromatic carbocycles. The summed E-state index contributed by atoms with van der Waals surface area (Å²) in [5, 5.41) is 10.8. The Morgan fingerprint density at radius 1 is 0.962 bits per heavy atom. The second-order valence-corrected chi connectivity index (χ2v) is 10.2. The van der Waals surface area contributed by atoms with E-state index >= 15 is 0 Å². The first-order valence-electron chi connectivity index (χ1n) is 9.07. The van der Waals surface area contributed by atoms with Gasteiger partial charge in [-0.15, -0.1) is 0 Å². The van der Waals surface area contributed by atoms with E-state index in [1.165, 1.54) is 0 Å². The van der Waals surface area contributed by atoms with E-state index in [4.69, 9.17) is 4.42 Å². The number of rotatable bonds is 0. The number of Topliss-reactive ketones (excluding diaryl/α,β-unsaturated/α-hetero) is 2. The lowest BCUT2D eigenvalue weighted by Crippen LogP contribution is -2.34. The van der Waals surface area contributed by atoms with Crippen LogP contribution in [0.5, 0.6) is 0 Å². The summed E-state index contributed by atoms with van der Waals surface area (Å²) in [7, 11) is 0. The lowest BCUT2D eigenvalue weighted by Gasteiger charge is -2.30. The van der Waals surface area contributed by atoms with E-state index in [2.05, 4.69) is 0 Å². The molecule has 4 nitrogen and oxygen atoms in total. The predicted octanol–water partition coefficient (Wildman–Crippen LogP) is 3.77. The van der Waals surface area contributed by atoms with Gasteiger partial charge in [0.15, 0.2) is 11.5 Å². The van der Waals surface area contributed by atoms with Crippen LogP contribution in [0.15, 0.2) is 10.2 Å². The van der Waals surface area contributed by atoms with E-state index in [-0.39, 0.29) is 17.0 Å². The molecular weight excluding hydrogens is 328 g/mol. The summed E-state index contributed by atoms with van der Waals surface area (Å²) in [5.74, 6) is -0.682. The molecule has 0 unspecified atom stereocenters. The van der Waals surface area contributed by atoms with Crippen LogP contribution in [0, 0.1) is 16.2 Å². The van der Waals surface area contributed by atoms with Crippen LogP contribution in [-0.4, -0.2) is 16.7 Å². The maximum Gasteiger partial charge on any atom is 0.227 e. The van der Waals surface area contributed by atoms with Gasteiger partial charge in [0.05, 0.1) is 11.1 Å². The fourth-order valence-electron chi connectivity index (χ4n) is 4.01. The molecule has 0 atom stereocenters. The number of aliphatic hydroxyl groups excluding tert-OH is 1. The number of furan rings is 1. The Balaban J connectivity index is 2.60. The first-order valence-corrected chi connectivity index (χ1v) is 9.07. The Labute approximate surface area is 154 Å². The molecule has 0 radical (unpaired) electrons. The molecule has 26 heavy (non-hydrogen) atoms. The maximum absolute atomic E-state index is 13.0. The Kier molecular flexibility index (Phi) is 3.75. The van der Waals surface area contributed by atoms with Crippen LogP contribution in [0.4, 0.5) is 0 Å². The Bertz CT molecular complexity index is 983. The van der Waals surface area contributed by atoms with Crippen molar-refractivity contribution in [3.05, 3.63) is 27.7 Å². The fraction of sp³-hybridized carbons (Fsp3) is 0.545. The molecule has 0 saturated heterocycles. The molecule has 0 fully saturated rings. The van der Waals surface area contributed by atoms with Gasteiger partial charge in [-0.3, -0.25) is 9.59 Å². The van der Waals surface area contributed by atoms with Crippen LogP contribution < -0.4 is 10.8 Å². The number of hydrogen-bond acceptors (Lipinski definition) is 4. The first-order chi connectivity index (χ1) is 11.6. The molecule has 140 valence electrons. The highest BCUT2D eigenvalue weighted by molar-refractivity contribution is 6.28. The molecule has 0 bridgehead atoms. The predicted molar refractivity (Wildman–Crippen MR) is 102 cm³/mol. The summed E-state index contributed by atoms with van der Waals surface area (Å²) >= 11 is 0. The van der Waals surface area contributed by atoms with Crippen molar-refractivity contribution in [2.75, 3.05) is 0 Å². The number of ketones is 2. The molecule has 1 aromatic rings. The van der Waals surface area contributed by atoms with Gasteiger partial charge in [-0.25, -0.2) is 0 Å². The average Bonchev–Trinajstić information content (AvgIpc) is 2.72. The normalized spacial score (nSPS) is 20.1. The number of fused-ring (bicyclic) bond motifs is 3. The van der Waals surface area contributed by atoms with Gasteiger partial charge < -0.3 is 9.52 Å². The molecular formula is C22H28O4. The van der Waals surface area contributed by atoms with E-state index in [9.17, 15) is 14.7 Å². The molecule has 0 aliphatic heterocycles. The minimum atomic E-state index is -0.526. The monoisotopic (exact) mass is 356 g/mol. The van der Waals surface area contributed by atoms with Crippen molar-refractivity contribution in [1.82, 2.24) is 0 Å². The first kappa shape index (κ1) is 18.7. The topological polar surface area (TPSA) is 67.5 Å². The van der Waals surface area contributed by atoms with Crippen LogP contribution in [0.1, 0.15) is 77.7 Å². The summed E-state index contributed by atoms with van der Waals surface area (Å²) in [4.78, 5) is 26.0. The highest BCUT2D eigenvalue weighted by Gasteiger charge is 2.43. The van der Waals surface area contributed by atoms with E-state index < -0.39 is 16.6 Å². The van der Waals surface area contributed by atoms with E-state index in [1.54, 1.807) is 0 Å². The molecule has 2 aliphatic rings. The van der Waals surface area contributed by atoms with Gasteiger partial charge in [-0.05, 0) is 22.3 Å². The zero-order valence-corrected chi connectivity index (χ0v) is 17.0. The minimum absolute atomic E-state index is 0.00495. The standard InChI is InChI=1S/C22H28O4/c1-20(2,3)15-14-13-11(23)9-22(7,8)10-12(13)26-19(14)16(21(4,5)6)18(25)17(15)24/h10,24H,9H2,1-8H3. The lowest BCUT2D eigenvalue weighted by atomic mass is 9.71. The van der Waals surface area contributed by atoms with Gasteiger partial charge in [-0.1, -0.05) is 55.4 Å². The summed E-state index contributed by atoms with van der Waals surface area (Å²) in [6.45, 7) is 15.5. The Morgan fingerprint density at radius 3 is 2.00 bits per heavy atom. The average molecular weight is 356 g/mol. The van der Waals surface area contributed by atoms with Crippen molar-refractivity contribution >= 4 is 28.8 Å². The SMILES string of the molecule is CC1(C)C=c2oc3c(c2C(=O)C1)C(C(C)(C)C)=C(O)C(=O)C=3C(C)(C)C. The van der Waals surface area contributed by atoms with Crippen molar-refractivity contribution in [3.63, 3.8) is 0 Å². The summed E-state index contributed by atoms with van der Waals surface area (Å²) in [6.07, 6.45) is 2.34. The summed E-state index contributed by atoms with van der Waals surface area (Å²) < 4.78 is 6.14. The molecule has 1 N–H and O–H groups in total. The summed E-state index contributed by atoms with van der Waals surface area (Å²) in [5.41, 5.74) is 1.65. The lowest BCUT2D eigenvalue weighted by molar-refractivity contribution is -0.113. The zero-order chi connectivity index (χ0) is 19.8.